The molecule has 6 nitrogen and oxygen atoms in total. The molecule has 1 N–H and O–H groups in total. The van der Waals surface area contributed by atoms with Crippen LogP contribution in [0.4, 0.5) is 4.39 Å². The molecule has 0 saturated carbocycles. The minimum atomic E-state index is -0.520. The fourth-order valence-electron chi connectivity index (χ4n) is 4.76. The molecule has 2 amide bonds. The van der Waals surface area contributed by atoms with Crippen LogP contribution >= 0.6 is 0 Å². The molecule has 1 aromatic carbocycles. The minimum absolute atomic E-state index is 0.0775. The first-order valence-electron chi connectivity index (χ1n) is 11.1. The van der Waals surface area contributed by atoms with Crippen molar-refractivity contribution in [1.82, 2.24) is 15.4 Å². The molecule has 4 rings (SSSR count). The second-order valence-electron chi connectivity index (χ2n) is 9.58. The summed E-state index contributed by atoms with van der Waals surface area (Å²) in [7, 11) is 0. The average Bonchev–Trinajstić information content (AvgIpc) is 3.12. The second kappa shape index (κ2) is 8.44. The third-order valence-corrected chi connectivity index (χ3v) is 6.10. The van der Waals surface area contributed by atoms with E-state index in [1.54, 1.807) is 11.0 Å². The van der Waals surface area contributed by atoms with E-state index in [0.29, 0.717) is 37.5 Å². The third kappa shape index (κ3) is 4.23. The summed E-state index contributed by atoms with van der Waals surface area (Å²) in [6.45, 7) is 8.76. The number of hydrogen-bond donors (Lipinski definition) is 1. The Bertz CT molecular complexity index is 998. The molecule has 31 heavy (non-hydrogen) atoms. The van der Waals surface area contributed by atoms with Gasteiger partial charge < -0.3 is 14.7 Å². The van der Waals surface area contributed by atoms with Crippen molar-refractivity contribution in [3.8, 4) is 11.3 Å². The Morgan fingerprint density at radius 1 is 1.23 bits per heavy atom. The zero-order chi connectivity index (χ0) is 22.3. The summed E-state index contributed by atoms with van der Waals surface area (Å²) in [5.41, 5.74) is 2.66. The summed E-state index contributed by atoms with van der Waals surface area (Å²) >= 11 is 0. The van der Waals surface area contributed by atoms with Crippen molar-refractivity contribution in [2.75, 3.05) is 6.54 Å². The molecule has 2 aliphatic rings. The van der Waals surface area contributed by atoms with Gasteiger partial charge in [0.05, 0.1) is 0 Å². The van der Waals surface area contributed by atoms with E-state index < -0.39 is 6.04 Å². The van der Waals surface area contributed by atoms with E-state index in [1.165, 1.54) is 12.1 Å². The van der Waals surface area contributed by atoms with E-state index in [2.05, 4.69) is 24.3 Å². The van der Waals surface area contributed by atoms with Crippen molar-refractivity contribution in [3.05, 3.63) is 40.8 Å². The van der Waals surface area contributed by atoms with E-state index in [-0.39, 0.29) is 35.3 Å². The van der Waals surface area contributed by atoms with Crippen LogP contribution in [0.25, 0.3) is 11.3 Å². The SMILES string of the molecule is CC(C)CC1CN(C(=O)c2noc3c2CCc2cc(F)ccc2-3)C(CC(C)C)C(=O)N1. The molecule has 2 aromatic rings. The predicted molar refractivity (Wildman–Crippen MR) is 115 cm³/mol. The quantitative estimate of drug-likeness (QED) is 0.783. The largest absolute Gasteiger partial charge is 0.355 e. The van der Waals surface area contributed by atoms with Gasteiger partial charge in [0.1, 0.15) is 11.9 Å². The van der Waals surface area contributed by atoms with E-state index in [9.17, 15) is 14.0 Å². The highest BCUT2D eigenvalue weighted by molar-refractivity contribution is 5.99. The van der Waals surface area contributed by atoms with Crippen LogP contribution < -0.4 is 5.32 Å². The van der Waals surface area contributed by atoms with Gasteiger partial charge in [0.2, 0.25) is 5.91 Å². The molecule has 1 aliphatic carbocycles. The minimum Gasteiger partial charge on any atom is -0.355 e. The molecule has 1 fully saturated rings. The van der Waals surface area contributed by atoms with Crippen molar-refractivity contribution in [3.63, 3.8) is 0 Å². The van der Waals surface area contributed by atoms with Gasteiger partial charge in [-0.3, -0.25) is 9.59 Å². The lowest BCUT2D eigenvalue weighted by Gasteiger charge is -2.40. The van der Waals surface area contributed by atoms with Crippen LogP contribution in [0.2, 0.25) is 0 Å². The van der Waals surface area contributed by atoms with Crippen LogP contribution in [-0.2, 0) is 17.6 Å². The number of nitrogens with zero attached hydrogens (tertiary/aromatic N) is 2. The maximum Gasteiger partial charge on any atom is 0.277 e. The van der Waals surface area contributed by atoms with Gasteiger partial charge in [0.25, 0.3) is 5.91 Å². The number of carbonyl (C=O) groups excluding carboxylic acids is 2. The maximum absolute atomic E-state index is 13.6. The molecule has 7 heteroatoms. The first-order chi connectivity index (χ1) is 14.7. The van der Waals surface area contributed by atoms with Crippen LogP contribution in [-0.4, -0.2) is 40.5 Å². The zero-order valence-electron chi connectivity index (χ0n) is 18.6. The summed E-state index contributed by atoms with van der Waals surface area (Å²) in [6.07, 6.45) is 2.57. The molecule has 1 aliphatic heterocycles. The van der Waals surface area contributed by atoms with Crippen LogP contribution in [0.5, 0.6) is 0 Å². The highest BCUT2D eigenvalue weighted by atomic mass is 19.1. The Hall–Kier alpha value is -2.70. The van der Waals surface area contributed by atoms with Crippen LogP contribution in [0.3, 0.4) is 0 Å². The fraction of sp³-hybridized carbons (Fsp3) is 0.542. The number of benzene rings is 1. The van der Waals surface area contributed by atoms with Crippen molar-refractivity contribution in [2.24, 2.45) is 11.8 Å². The van der Waals surface area contributed by atoms with Crippen LogP contribution in [0.15, 0.2) is 22.7 Å². The molecule has 1 aromatic heterocycles. The van der Waals surface area contributed by atoms with Gasteiger partial charge >= 0.3 is 0 Å². The lowest BCUT2D eigenvalue weighted by Crippen LogP contribution is -2.62. The van der Waals surface area contributed by atoms with Crippen LogP contribution in [0.1, 0.15) is 62.2 Å². The van der Waals surface area contributed by atoms with Gasteiger partial charge in [-0.25, -0.2) is 4.39 Å². The second-order valence-corrected chi connectivity index (χ2v) is 9.58. The molecule has 2 heterocycles. The lowest BCUT2D eigenvalue weighted by atomic mass is 9.89. The molecule has 2 atom stereocenters. The number of hydrogen-bond acceptors (Lipinski definition) is 4. The Morgan fingerprint density at radius 2 is 1.97 bits per heavy atom. The molecular formula is C24H30FN3O3. The topological polar surface area (TPSA) is 75.4 Å². The number of piperazine rings is 1. The summed E-state index contributed by atoms with van der Waals surface area (Å²) in [6, 6.07) is 3.98. The zero-order valence-corrected chi connectivity index (χ0v) is 18.6. The number of fused-ring (bicyclic) bond motifs is 3. The Labute approximate surface area is 182 Å². The van der Waals surface area contributed by atoms with Crippen molar-refractivity contribution in [2.45, 2.75) is 65.5 Å². The maximum atomic E-state index is 13.6. The Balaban J connectivity index is 1.67. The van der Waals surface area contributed by atoms with E-state index in [0.717, 1.165) is 23.1 Å². The van der Waals surface area contributed by atoms with Crippen molar-refractivity contribution in [1.29, 1.82) is 0 Å². The number of amides is 2. The number of aryl methyl sites for hydroxylation is 1. The van der Waals surface area contributed by atoms with Gasteiger partial charge in [-0.2, -0.15) is 0 Å². The summed E-state index contributed by atoms with van der Waals surface area (Å²) < 4.78 is 19.2. The number of nitrogens with one attached hydrogen (secondary N) is 1. The van der Waals surface area contributed by atoms with E-state index in [1.807, 2.05) is 13.8 Å². The lowest BCUT2D eigenvalue weighted by molar-refractivity contribution is -0.130. The molecule has 1 saturated heterocycles. The van der Waals surface area contributed by atoms with Gasteiger partial charge in [-0.1, -0.05) is 32.9 Å². The third-order valence-electron chi connectivity index (χ3n) is 6.10. The molecule has 0 radical (unpaired) electrons. The monoisotopic (exact) mass is 427 g/mol. The Morgan fingerprint density at radius 3 is 2.68 bits per heavy atom. The normalized spacial score (nSPS) is 20.6. The van der Waals surface area contributed by atoms with Gasteiger partial charge in [-0.15, -0.1) is 0 Å². The average molecular weight is 428 g/mol. The first kappa shape index (κ1) is 21.5. The van der Waals surface area contributed by atoms with Gasteiger partial charge in [0, 0.05) is 23.7 Å². The highest BCUT2D eigenvalue weighted by Crippen LogP contribution is 2.36. The smallest absolute Gasteiger partial charge is 0.277 e. The van der Waals surface area contributed by atoms with E-state index >= 15 is 0 Å². The standard InChI is InChI=1S/C24H30FN3O3/c1-13(2)9-17-12-28(20(10-14(3)4)23(29)26-17)24(30)21-19-7-5-15-11-16(25)6-8-18(15)22(19)31-27-21/h6,8,11,13-14,17,20H,5,7,9-10,12H2,1-4H3,(H,26,29). The number of carbonyl (C=O) groups is 2. The number of rotatable bonds is 5. The summed E-state index contributed by atoms with van der Waals surface area (Å²) in [5.74, 6) is 0.554. The number of halogens is 1. The van der Waals surface area contributed by atoms with Gasteiger partial charge in [-0.05, 0) is 61.3 Å². The number of aromatic nitrogens is 1. The molecular weight excluding hydrogens is 397 g/mol. The molecule has 0 bridgehead atoms. The van der Waals surface area contributed by atoms with E-state index in [4.69, 9.17) is 4.52 Å². The van der Waals surface area contributed by atoms with Gasteiger partial charge in [0.15, 0.2) is 11.5 Å². The van der Waals surface area contributed by atoms with Crippen molar-refractivity contribution >= 4 is 11.8 Å². The van der Waals surface area contributed by atoms with Crippen molar-refractivity contribution < 1.29 is 18.5 Å². The Kier molecular flexibility index (Phi) is 5.86. The predicted octanol–water partition coefficient (Wildman–Crippen LogP) is 3.98. The highest BCUT2D eigenvalue weighted by Gasteiger charge is 2.40. The summed E-state index contributed by atoms with van der Waals surface area (Å²) in [4.78, 5) is 28.2. The summed E-state index contributed by atoms with van der Waals surface area (Å²) in [5, 5.41) is 7.23. The molecule has 166 valence electrons. The molecule has 2 unspecified atom stereocenters. The van der Waals surface area contributed by atoms with Crippen LogP contribution in [0, 0.1) is 17.7 Å². The fourth-order valence-corrected chi connectivity index (χ4v) is 4.76. The first-order valence-corrected chi connectivity index (χ1v) is 11.1. The molecule has 0 spiro atoms.